The van der Waals surface area contributed by atoms with E-state index in [2.05, 4.69) is 0 Å². The van der Waals surface area contributed by atoms with E-state index in [-0.39, 0.29) is 18.4 Å². The first kappa shape index (κ1) is 30.3. The van der Waals surface area contributed by atoms with Crippen LogP contribution in [0.25, 0.3) is 0 Å². The first-order chi connectivity index (χ1) is 18.5. The Kier molecular flexibility index (Phi) is 10.3. The molecule has 3 aliphatic rings. The van der Waals surface area contributed by atoms with Gasteiger partial charge in [0.15, 0.2) is 18.3 Å². The molecule has 0 bridgehead atoms. The topological polar surface area (TPSA) is 179 Å². The molecule has 0 aromatic heterocycles. The van der Waals surface area contributed by atoms with Gasteiger partial charge in [-0.1, -0.05) is 0 Å². The third-order valence-corrected chi connectivity index (χ3v) is 6.77. The summed E-state index contributed by atoms with van der Waals surface area (Å²) in [4.78, 5) is 59.9. The quantitative estimate of drug-likeness (QED) is 0.298. The molecule has 39 heavy (non-hydrogen) atoms. The van der Waals surface area contributed by atoms with E-state index < -0.39 is 79.4 Å². The van der Waals surface area contributed by atoms with Gasteiger partial charge in [0.2, 0.25) is 12.6 Å². The summed E-state index contributed by atoms with van der Waals surface area (Å²) in [7, 11) is 1.25. The minimum Gasteiger partial charge on any atom is -0.472 e. The molecule has 2 heterocycles. The Morgan fingerprint density at radius 1 is 0.872 bits per heavy atom. The summed E-state index contributed by atoms with van der Waals surface area (Å²) < 4.78 is 44.0. The van der Waals surface area contributed by atoms with Crippen molar-refractivity contribution in [3.05, 3.63) is 11.8 Å². The van der Waals surface area contributed by atoms with Crippen LogP contribution in [-0.2, 0) is 61.9 Å². The standard InChI is InChI=1S/C25H34O14/c1-11(27)33-10-18-20(35-12(2)28)21(36-13(3)29)22(37-14(4)30)25(38-18)39-24-19-15(8-26)6-7-16(19)17(9-34-24)23(31)32-5/h9,15-16,18-22,24-26H,6-8,10H2,1-5H3/t15-,16-,18-,19-,20-,21+,22-,24+,25+/m1/s1. The van der Waals surface area contributed by atoms with Crippen LogP contribution in [0.1, 0.15) is 40.5 Å². The van der Waals surface area contributed by atoms with Gasteiger partial charge >= 0.3 is 29.8 Å². The SMILES string of the molecule is COC(=O)C1=CO[C@@H](O[C@@H]2O[C@H](COC(C)=O)[C@@H](OC(C)=O)[C@H](OC(C)=O)[C@H]2OC(C)=O)[C@@H]2[C@@H](CO)CC[C@H]12. The number of ether oxygens (including phenoxy) is 8. The monoisotopic (exact) mass is 558 g/mol. The summed E-state index contributed by atoms with van der Waals surface area (Å²) in [5.41, 5.74) is 0.292. The van der Waals surface area contributed by atoms with Gasteiger partial charge in [-0.25, -0.2) is 4.79 Å². The number of carbonyl (C=O) groups excluding carboxylic acids is 5. The fraction of sp³-hybridized carbons (Fsp3) is 0.720. The summed E-state index contributed by atoms with van der Waals surface area (Å²) in [5.74, 6) is -4.73. The highest BCUT2D eigenvalue weighted by Crippen LogP contribution is 2.47. The van der Waals surface area contributed by atoms with E-state index in [1.54, 1.807) is 0 Å². The van der Waals surface area contributed by atoms with Crippen molar-refractivity contribution in [1.29, 1.82) is 0 Å². The lowest BCUT2D eigenvalue weighted by Crippen LogP contribution is -2.63. The minimum absolute atomic E-state index is 0.211. The summed E-state index contributed by atoms with van der Waals surface area (Å²) in [6.07, 6.45) is -5.59. The molecule has 1 saturated heterocycles. The number of hydrogen-bond acceptors (Lipinski definition) is 14. The van der Waals surface area contributed by atoms with Crippen molar-refractivity contribution in [3.8, 4) is 0 Å². The molecule has 1 N–H and O–H groups in total. The predicted octanol–water partition coefficient (Wildman–Crippen LogP) is 0.134. The predicted molar refractivity (Wildman–Crippen MR) is 125 cm³/mol. The van der Waals surface area contributed by atoms with Crippen LogP contribution in [-0.4, -0.2) is 92.3 Å². The van der Waals surface area contributed by atoms with Crippen LogP contribution >= 0.6 is 0 Å². The van der Waals surface area contributed by atoms with E-state index in [0.717, 1.165) is 20.8 Å². The van der Waals surface area contributed by atoms with Crippen molar-refractivity contribution in [2.45, 2.75) is 77.5 Å². The number of aliphatic hydroxyl groups excluding tert-OH is 1. The molecule has 2 aliphatic heterocycles. The largest absolute Gasteiger partial charge is 0.472 e. The number of carbonyl (C=O) groups is 5. The van der Waals surface area contributed by atoms with Crippen molar-refractivity contribution in [2.75, 3.05) is 20.3 Å². The van der Waals surface area contributed by atoms with Gasteiger partial charge < -0.3 is 43.0 Å². The highest BCUT2D eigenvalue weighted by molar-refractivity contribution is 5.89. The molecule has 218 valence electrons. The molecule has 0 unspecified atom stereocenters. The summed E-state index contributed by atoms with van der Waals surface area (Å²) in [6.45, 7) is 3.89. The van der Waals surface area contributed by atoms with Gasteiger partial charge in [-0.3, -0.25) is 19.2 Å². The Hall–Kier alpha value is -3.23. The van der Waals surface area contributed by atoms with Crippen LogP contribution in [0, 0.1) is 17.8 Å². The van der Waals surface area contributed by atoms with E-state index in [0.29, 0.717) is 18.4 Å². The zero-order valence-electron chi connectivity index (χ0n) is 22.4. The molecule has 0 spiro atoms. The number of hydrogen-bond donors (Lipinski definition) is 1. The minimum atomic E-state index is -1.47. The lowest BCUT2D eigenvalue weighted by Gasteiger charge is -2.46. The third-order valence-electron chi connectivity index (χ3n) is 6.77. The maximum atomic E-state index is 12.3. The van der Waals surface area contributed by atoms with Gasteiger partial charge in [-0.2, -0.15) is 0 Å². The Balaban J connectivity index is 1.99. The van der Waals surface area contributed by atoms with Crippen molar-refractivity contribution in [1.82, 2.24) is 0 Å². The van der Waals surface area contributed by atoms with Crippen LogP contribution in [0.4, 0.5) is 0 Å². The van der Waals surface area contributed by atoms with Gasteiger partial charge in [0.05, 0.1) is 18.9 Å². The number of esters is 5. The second-order valence-electron chi connectivity index (χ2n) is 9.48. The highest BCUT2D eigenvalue weighted by Gasteiger charge is 2.56. The summed E-state index contributed by atoms with van der Waals surface area (Å²) >= 11 is 0. The third kappa shape index (κ3) is 7.25. The molecule has 1 aliphatic carbocycles. The Bertz CT molecular complexity index is 976. The fourth-order valence-electron chi connectivity index (χ4n) is 5.28. The lowest BCUT2D eigenvalue weighted by atomic mass is 9.83. The van der Waals surface area contributed by atoms with E-state index in [4.69, 9.17) is 37.9 Å². The van der Waals surface area contributed by atoms with Gasteiger partial charge in [-0.05, 0) is 18.8 Å². The molecule has 0 aromatic rings. The van der Waals surface area contributed by atoms with Gasteiger partial charge in [0, 0.05) is 46.1 Å². The van der Waals surface area contributed by atoms with Crippen LogP contribution in [0.5, 0.6) is 0 Å². The molecular formula is C25H34O14. The molecule has 0 aromatic carbocycles. The number of methoxy groups -OCH3 is 1. The molecule has 2 fully saturated rings. The molecule has 3 rings (SSSR count). The Morgan fingerprint density at radius 2 is 1.49 bits per heavy atom. The second-order valence-corrected chi connectivity index (χ2v) is 9.48. The molecule has 9 atom stereocenters. The second kappa shape index (κ2) is 13.2. The van der Waals surface area contributed by atoms with Gasteiger partial charge in [-0.15, -0.1) is 0 Å². The van der Waals surface area contributed by atoms with Crippen LogP contribution in [0.15, 0.2) is 11.8 Å². The van der Waals surface area contributed by atoms with Gasteiger partial charge in [0.1, 0.15) is 12.7 Å². The fourth-order valence-corrected chi connectivity index (χ4v) is 5.28. The van der Waals surface area contributed by atoms with Crippen molar-refractivity contribution in [3.63, 3.8) is 0 Å². The molecule has 14 nitrogen and oxygen atoms in total. The summed E-state index contributed by atoms with van der Waals surface area (Å²) in [6, 6.07) is 0. The van der Waals surface area contributed by atoms with Crippen LogP contribution < -0.4 is 0 Å². The number of fused-ring (bicyclic) bond motifs is 1. The molecule has 0 radical (unpaired) electrons. The zero-order chi connectivity index (χ0) is 28.9. The maximum absolute atomic E-state index is 12.3. The van der Waals surface area contributed by atoms with Gasteiger partial charge in [0.25, 0.3) is 0 Å². The number of rotatable bonds is 9. The first-order valence-corrected chi connectivity index (χ1v) is 12.5. The van der Waals surface area contributed by atoms with Crippen LogP contribution in [0.3, 0.4) is 0 Å². The average Bonchev–Trinajstić information content (AvgIpc) is 3.30. The van der Waals surface area contributed by atoms with E-state index in [9.17, 15) is 29.1 Å². The van der Waals surface area contributed by atoms with E-state index in [1.165, 1.54) is 20.3 Å². The Labute approximate surface area is 224 Å². The highest BCUT2D eigenvalue weighted by atomic mass is 16.8. The normalized spacial score (nSPS) is 33.5. The average molecular weight is 559 g/mol. The zero-order valence-corrected chi connectivity index (χ0v) is 22.4. The smallest absolute Gasteiger partial charge is 0.337 e. The van der Waals surface area contributed by atoms with E-state index in [1.807, 2.05) is 0 Å². The maximum Gasteiger partial charge on any atom is 0.337 e. The Morgan fingerprint density at radius 3 is 2.05 bits per heavy atom. The van der Waals surface area contributed by atoms with Crippen molar-refractivity contribution < 1.29 is 67.0 Å². The lowest BCUT2D eigenvalue weighted by molar-refractivity contribution is -0.345. The van der Waals surface area contributed by atoms with Crippen molar-refractivity contribution >= 4 is 29.8 Å². The number of aliphatic hydroxyl groups is 1. The van der Waals surface area contributed by atoms with E-state index >= 15 is 0 Å². The first-order valence-electron chi connectivity index (χ1n) is 12.5. The van der Waals surface area contributed by atoms with Crippen LogP contribution in [0.2, 0.25) is 0 Å². The molecule has 14 heteroatoms. The summed E-state index contributed by atoms with van der Waals surface area (Å²) in [5, 5.41) is 10.0. The molecular weight excluding hydrogens is 524 g/mol. The van der Waals surface area contributed by atoms with Crippen molar-refractivity contribution in [2.24, 2.45) is 17.8 Å². The molecule has 1 saturated carbocycles. The molecule has 0 amide bonds.